The number of primary amides is 1. The van der Waals surface area contributed by atoms with Crippen LogP contribution in [0.4, 0.5) is 0 Å². The second-order valence-electron chi connectivity index (χ2n) is 10.3. The summed E-state index contributed by atoms with van der Waals surface area (Å²) >= 11 is 0. The third-order valence-electron chi connectivity index (χ3n) is 8.17. The van der Waals surface area contributed by atoms with E-state index in [9.17, 15) is 4.79 Å². The lowest BCUT2D eigenvalue weighted by molar-refractivity contribution is -0.379. The smallest absolute Gasteiger partial charge is 0.217 e. The summed E-state index contributed by atoms with van der Waals surface area (Å²) in [6.07, 6.45) is 11.3. The van der Waals surface area contributed by atoms with Crippen LogP contribution in [0.25, 0.3) is 0 Å². The Morgan fingerprint density at radius 1 is 1.10 bits per heavy atom. The van der Waals surface area contributed by atoms with Crippen molar-refractivity contribution in [1.82, 2.24) is 0 Å². The Kier molecular flexibility index (Phi) is 5.41. The van der Waals surface area contributed by atoms with Crippen LogP contribution in [-0.4, -0.2) is 17.5 Å². The highest BCUT2D eigenvalue weighted by molar-refractivity contribution is 5.74. The van der Waals surface area contributed by atoms with E-state index in [4.69, 9.17) is 20.2 Å². The second kappa shape index (κ2) is 7.92. The van der Waals surface area contributed by atoms with Crippen LogP contribution in [0.3, 0.4) is 0 Å². The number of fused-ring (bicyclic) bond motifs is 3. The quantitative estimate of drug-likeness (QED) is 0.707. The molecular formula is C25H35NO4. The van der Waals surface area contributed by atoms with Gasteiger partial charge in [0.15, 0.2) is 0 Å². The van der Waals surface area contributed by atoms with Gasteiger partial charge in [-0.25, -0.2) is 0 Å². The van der Waals surface area contributed by atoms with Crippen LogP contribution < -0.4 is 5.73 Å². The lowest BCUT2D eigenvalue weighted by Gasteiger charge is -2.49. The lowest BCUT2D eigenvalue weighted by Crippen LogP contribution is -2.53. The van der Waals surface area contributed by atoms with Gasteiger partial charge in [-0.05, 0) is 61.5 Å². The number of rotatable bonds is 4. The molecular weight excluding hydrogens is 378 g/mol. The first-order chi connectivity index (χ1) is 14.5. The average Bonchev–Trinajstić information content (AvgIpc) is 3.11. The van der Waals surface area contributed by atoms with E-state index in [-0.39, 0.29) is 5.91 Å². The zero-order valence-electron chi connectivity index (χ0n) is 18.1. The molecule has 1 aromatic rings. The molecule has 2 spiro atoms. The standard InChI is InChI=1S/C25H35NO4/c1-17-14-19-4-2-6-22(15-19)25(17)28-24(29-30-25)13-3-5-21(16-24)20-10-7-18(8-11-20)9-12-23(26)27/h7-8,10-11,17,19,21-22H,2-6,9,12-16H2,1H3,(H2,26,27)/t17?,19?,21?,22?,24-,25+/m1/s1. The van der Waals surface area contributed by atoms with Gasteiger partial charge in [0, 0.05) is 31.1 Å². The fraction of sp³-hybridized carbons (Fsp3) is 0.720. The molecule has 164 valence electrons. The van der Waals surface area contributed by atoms with E-state index in [2.05, 4.69) is 31.2 Å². The molecule has 1 amide bonds. The Hall–Kier alpha value is -1.43. The topological polar surface area (TPSA) is 70.8 Å². The number of amides is 1. The summed E-state index contributed by atoms with van der Waals surface area (Å²) in [6, 6.07) is 8.64. The summed E-state index contributed by atoms with van der Waals surface area (Å²) in [5, 5.41) is 0. The average molecular weight is 414 g/mol. The molecule has 4 fully saturated rings. The van der Waals surface area contributed by atoms with Gasteiger partial charge in [-0.1, -0.05) is 44.0 Å². The third-order valence-corrected chi connectivity index (χ3v) is 8.17. The van der Waals surface area contributed by atoms with Crippen molar-refractivity contribution >= 4 is 5.91 Å². The number of carbonyl (C=O) groups excluding carboxylic acids is 1. The van der Waals surface area contributed by atoms with E-state index in [1.165, 1.54) is 37.7 Å². The Labute approximate surface area is 179 Å². The van der Waals surface area contributed by atoms with Gasteiger partial charge in [-0.3, -0.25) is 4.79 Å². The highest BCUT2D eigenvalue weighted by Gasteiger charge is 2.62. The molecule has 0 radical (unpaired) electrons. The molecule has 5 nitrogen and oxygen atoms in total. The lowest BCUT2D eigenvalue weighted by atomic mass is 9.64. The van der Waals surface area contributed by atoms with Crippen LogP contribution in [0.15, 0.2) is 24.3 Å². The monoisotopic (exact) mass is 413 g/mol. The molecule has 30 heavy (non-hydrogen) atoms. The minimum Gasteiger partial charge on any atom is -0.370 e. The van der Waals surface area contributed by atoms with Crippen LogP contribution in [0.1, 0.15) is 88.2 Å². The maximum atomic E-state index is 11.0. The molecule has 5 heteroatoms. The summed E-state index contributed by atoms with van der Waals surface area (Å²) < 4.78 is 6.86. The van der Waals surface area contributed by atoms with Gasteiger partial charge in [0.25, 0.3) is 0 Å². The van der Waals surface area contributed by atoms with Crippen molar-refractivity contribution in [2.75, 3.05) is 0 Å². The second-order valence-corrected chi connectivity index (χ2v) is 10.3. The SMILES string of the molecule is CC1CC2CCCC(C2)[C@@]12OO[C@@]1(CCCC(c3ccc(CCC(N)=O)cc3)C1)O2. The zero-order chi connectivity index (χ0) is 20.8. The number of hydrogen-bond acceptors (Lipinski definition) is 4. The first kappa shape index (κ1) is 20.5. The van der Waals surface area contributed by atoms with Gasteiger partial charge < -0.3 is 10.5 Å². The van der Waals surface area contributed by atoms with Crippen LogP contribution in [-0.2, 0) is 25.7 Å². The fourth-order valence-corrected chi connectivity index (χ4v) is 6.61. The van der Waals surface area contributed by atoms with Crippen LogP contribution in [0.2, 0.25) is 0 Å². The summed E-state index contributed by atoms with van der Waals surface area (Å²) in [5.74, 6) is 0.680. The van der Waals surface area contributed by atoms with Crippen molar-refractivity contribution < 1.29 is 19.3 Å². The van der Waals surface area contributed by atoms with Crippen LogP contribution in [0.5, 0.6) is 0 Å². The molecule has 0 aromatic heterocycles. The number of nitrogens with two attached hydrogens (primary N) is 1. The third kappa shape index (κ3) is 3.69. The molecule has 4 aliphatic rings. The van der Waals surface area contributed by atoms with Crippen LogP contribution in [0, 0.1) is 17.8 Å². The number of aryl methyl sites for hydroxylation is 1. The van der Waals surface area contributed by atoms with Gasteiger partial charge in [-0.2, -0.15) is 9.78 Å². The molecule has 4 unspecified atom stereocenters. The summed E-state index contributed by atoms with van der Waals surface area (Å²) in [7, 11) is 0. The van der Waals surface area contributed by atoms with Gasteiger partial charge >= 0.3 is 0 Å². The Morgan fingerprint density at radius 3 is 2.73 bits per heavy atom. The minimum atomic E-state index is -0.605. The normalized spacial score (nSPS) is 40.7. The molecule has 2 bridgehead atoms. The van der Waals surface area contributed by atoms with E-state index in [0.29, 0.717) is 30.6 Å². The van der Waals surface area contributed by atoms with Gasteiger partial charge in [0.05, 0.1) is 0 Å². The molecule has 3 saturated carbocycles. The fourth-order valence-electron chi connectivity index (χ4n) is 6.61. The summed E-state index contributed by atoms with van der Waals surface area (Å²) in [4.78, 5) is 23.3. The predicted molar refractivity (Wildman–Crippen MR) is 113 cm³/mol. The predicted octanol–water partition coefficient (Wildman–Crippen LogP) is 4.98. The molecule has 1 aliphatic heterocycles. The van der Waals surface area contributed by atoms with E-state index in [1.54, 1.807) is 0 Å². The van der Waals surface area contributed by atoms with Crippen molar-refractivity contribution in [1.29, 1.82) is 0 Å². The Bertz CT molecular complexity index is 778. The van der Waals surface area contributed by atoms with Crippen molar-refractivity contribution in [2.24, 2.45) is 23.5 Å². The first-order valence-electron chi connectivity index (χ1n) is 11.9. The molecule has 1 aromatic carbocycles. The highest BCUT2D eigenvalue weighted by Crippen LogP contribution is 2.58. The molecule has 6 atom stereocenters. The van der Waals surface area contributed by atoms with E-state index < -0.39 is 11.6 Å². The maximum absolute atomic E-state index is 11.0. The van der Waals surface area contributed by atoms with Crippen LogP contribution >= 0.6 is 0 Å². The summed E-state index contributed by atoms with van der Waals surface area (Å²) in [5.41, 5.74) is 7.75. The number of ether oxygens (including phenoxy) is 1. The Morgan fingerprint density at radius 2 is 1.93 bits per heavy atom. The number of hydrogen-bond donors (Lipinski definition) is 1. The minimum absolute atomic E-state index is 0.251. The van der Waals surface area contributed by atoms with Gasteiger partial charge in [-0.15, -0.1) is 0 Å². The Balaban J connectivity index is 1.29. The molecule has 3 aliphatic carbocycles. The highest BCUT2D eigenvalue weighted by atomic mass is 17.3. The van der Waals surface area contributed by atoms with Crippen molar-refractivity contribution in [3.8, 4) is 0 Å². The molecule has 5 rings (SSSR count). The van der Waals surface area contributed by atoms with E-state index in [1.807, 2.05) is 0 Å². The molecule has 1 heterocycles. The van der Waals surface area contributed by atoms with Crippen molar-refractivity contribution in [3.63, 3.8) is 0 Å². The van der Waals surface area contributed by atoms with Gasteiger partial charge in [0.1, 0.15) is 0 Å². The molecule has 2 N–H and O–H groups in total. The number of carbonyl (C=O) groups is 1. The number of benzene rings is 1. The largest absolute Gasteiger partial charge is 0.370 e. The van der Waals surface area contributed by atoms with E-state index >= 15 is 0 Å². The molecule has 1 saturated heterocycles. The van der Waals surface area contributed by atoms with Gasteiger partial charge in [0.2, 0.25) is 17.5 Å². The first-order valence-corrected chi connectivity index (χ1v) is 11.9. The van der Waals surface area contributed by atoms with E-state index in [0.717, 1.165) is 37.2 Å². The summed E-state index contributed by atoms with van der Waals surface area (Å²) in [6.45, 7) is 2.29. The van der Waals surface area contributed by atoms with Crippen molar-refractivity contribution in [2.45, 2.75) is 95.0 Å². The van der Waals surface area contributed by atoms with Crippen molar-refractivity contribution in [3.05, 3.63) is 35.4 Å². The zero-order valence-corrected chi connectivity index (χ0v) is 18.1. The maximum Gasteiger partial charge on any atom is 0.217 e.